The molecule has 28 heavy (non-hydrogen) atoms. The molecule has 2 amide bonds. The molecule has 0 aliphatic carbocycles. The van der Waals surface area contributed by atoms with Crippen molar-refractivity contribution in [3.05, 3.63) is 70.8 Å². The van der Waals surface area contributed by atoms with Gasteiger partial charge in [-0.1, -0.05) is 48.5 Å². The van der Waals surface area contributed by atoms with Crippen LogP contribution in [0.4, 0.5) is 9.59 Å². The van der Waals surface area contributed by atoms with Crippen LogP contribution in [-0.2, 0) is 35.7 Å². The van der Waals surface area contributed by atoms with Crippen molar-refractivity contribution in [1.29, 1.82) is 0 Å². The molecule has 2 aromatic carbocycles. The number of nitrogens with one attached hydrogen (secondary N) is 1. The van der Waals surface area contributed by atoms with Gasteiger partial charge in [0, 0.05) is 13.1 Å². The second-order valence-electron chi connectivity index (χ2n) is 7.81. The number of carbonyl (C=O) groups is 2. The van der Waals surface area contributed by atoms with Crippen molar-refractivity contribution in [2.24, 2.45) is 0 Å². The quantitative estimate of drug-likeness (QED) is 0.853. The van der Waals surface area contributed by atoms with Crippen molar-refractivity contribution in [3.63, 3.8) is 0 Å². The summed E-state index contributed by atoms with van der Waals surface area (Å²) in [6, 6.07) is 15.5. The number of ether oxygens (including phenoxy) is 2. The smallest absolute Gasteiger partial charge is 0.410 e. The van der Waals surface area contributed by atoms with Crippen LogP contribution in [0.5, 0.6) is 0 Å². The summed E-state index contributed by atoms with van der Waals surface area (Å²) in [5.74, 6) is 0. The van der Waals surface area contributed by atoms with E-state index in [1.54, 1.807) is 4.90 Å². The van der Waals surface area contributed by atoms with Crippen LogP contribution in [0.15, 0.2) is 48.5 Å². The molecule has 1 heterocycles. The Bertz CT molecular complexity index is 843. The highest BCUT2D eigenvalue weighted by atomic mass is 16.6. The van der Waals surface area contributed by atoms with Gasteiger partial charge in [0.1, 0.15) is 12.2 Å². The second-order valence-corrected chi connectivity index (χ2v) is 7.81. The van der Waals surface area contributed by atoms with Crippen molar-refractivity contribution in [1.82, 2.24) is 10.2 Å². The Morgan fingerprint density at radius 1 is 1.04 bits per heavy atom. The van der Waals surface area contributed by atoms with Gasteiger partial charge in [0.15, 0.2) is 0 Å². The molecule has 148 valence electrons. The third-order valence-electron chi connectivity index (χ3n) is 4.37. The van der Waals surface area contributed by atoms with E-state index in [0.717, 1.165) is 22.3 Å². The fraction of sp³-hybridized carbons (Fsp3) is 0.364. The highest BCUT2D eigenvalue weighted by Crippen LogP contribution is 2.27. The lowest BCUT2D eigenvalue weighted by molar-refractivity contribution is 0.0523. The van der Waals surface area contributed by atoms with Gasteiger partial charge in [-0.05, 0) is 43.0 Å². The molecule has 6 heteroatoms. The van der Waals surface area contributed by atoms with Crippen molar-refractivity contribution >= 4 is 12.2 Å². The van der Waals surface area contributed by atoms with Crippen LogP contribution >= 0.6 is 0 Å². The molecule has 0 fully saturated rings. The second kappa shape index (κ2) is 8.33. The Balaban J connectivity index is 1.57. The fourth-order valence-electron chi connectivity index (χ4n) is 3.08. The Kier molecular flexibility index (Phi) is 5.87. The van der Waals surface area contributed by atoms with Gasteiger partial charge in [-0.15, -0.1) is 0 Å². The van der Waals surface area contributed by atoms with Crippen LogP contribution in [-0.4, -0.2) is 22.7 Å². The zero-order valence-corrected chi connectivity index (χ0v) is 16.5. The Morgan fingerprint density at radius 2 is 1.79 bits per heavy atom. The highest BCUT2D eigenvalue weighted by Gasteiger charge is 2.26. The van der Waals surface area contributed by atoms with Crippen LogP contribution in [0, 0.1) is 0 Å². The zero-order valence-electron chi connectivity index (χ0n) is 16.5. The Labute approximate surface area is 165 Å². The summed E-state index contributed by atoms with van der Waals surface area (Å²) >= 11 is 0. The lowest BCUT2D eigenvalue weighted by Crippen LogP contribution is -2.32. The normalized spacial score (nSPS) is 13.0. The summed E-state index contributed by atoms with van der Waals surface area (Å²) in [6.07, 6.45) is -0.798. The van der Waals surface area contributed by atoms with E-state index >= 15 is 0 Å². The number of amides is 2. The van der Waals surface area contributed by atoms with Crippen molar-refractivity contribution < 1.29 is 19.1 Å². The van der Waals surface area contributed by atoms with Crippen molar-refractivity contribution in [2.75, 3.05) is 0 Å². The number of fused-ring (bicyclic) bond motifs is 1. The monoisotopic (exact) mass is 382 g/mol. The maximum absolute atomic E-state index is 12.4. The van der Waals surface area contributed by atoms with Crippen molar-refractivity contribution in [2.45, 2.75) is 52.6 Å². The number of alkyl carbamates (subject to hydrolysis) is 1. The Hall–Kier alpha value is -3.02. The van der Waals surface area contributed by atoms with E-state index in [9.17, 15) is 9.59 Å². The lowest BCUT2D eigenvalue weighted by atomic mass is 10.0. The van der Waals surface area contributed by atoms with Gasteiger partial charge in [-0.25, -0.2) is 9.59 Å². The summed E-state index contributed by atoms with van der Waals surface area (Å²) in [7, 11) is 0. The number of hydrogen-bond acceptors (Lipinski definition) is 4. The largest absolute Gasteiger partial charge is 0.445 e. The average Bonchev–Trinajstić information content (AvgIpc) is 3.09. The molecule has 1 aliphatic rings. The summed E-state index contributed by atoms with van der Waals surface area (Å²) < 4.78 is 10.7. The molecule has 1 aliphatic heterocycles. The van der Waals surface area contributed by atoms with Crippen LogP contribution in [0.2, 0.25) is 0 Å². The van der Waals surface area contributed by atoms with Gasteiger partial charge in [0.25, 0.3) is 0 Å². The molecule has 6 nitrogen and oxygen atoms in total. The average molecular weight is 382 g/mol. The molecule has 0 bridgehead atoms. The van der Waals surface area contributed by atoms with Gasteiger partial charge in [0.05, 0.1) is 6.54 Å². The van der Waals surface area contributed by atoms with E-state index in [-0.39, 0.29) is 12.7 Å². The first-order valence-electron chi connectivity index (χ1n) is 9.34. The molecule has 0 saturated carbocycles. The molecule has 0 aromatic heterocycles. The minimum Gasteiger partial charge on any atom is -0.445 e. The van der Waals surface area contributed by atoms with Crippen molar-refractivity contribution in [3.8, 4) is 0 Å². The Morgan fingerprint density at radius 3 is 2.50 bits per heavy atom. The maximum Gasteiger partial charge on any atom is 0.410 e. The van der Waals surface area contributed by atoms with Crippen LogP contribution in [0.25, 0.3) is 0 Å². The van der Waals surface area contributed by atoms with Gasteiger partial charge in [0.2, 0.25) is 0 Å². The molecule has 2 aromatic rings. The minimum atomic E-state index is -0.540. The SMILES string of the molecule is CC(C)(C)OC(=O)NCc1cccc2c1CN(C(=O)OCc1ccccc1)C2. The summed E-state index contributed by atoms with van der Waals surface area (Å²) in [6.45, 7) is 7.05. The minimum absolute atomic E-state index is 0.250. The first-order valence-corrected chi connectivity index (χ1v) is 9.34. The molecule has 0 atom stereocenters. The lowest BCUT2D eigenvalue weighted by Gasteiger charge is -2.20. The third kappa shape index (κ3) is 5.25. The van der Waals surface area contributed by atoms with Gasteiger partial charge in [-0.2, -0.15) is 0 Å². The first-order chi connectivity index (χ1) is 13.3. The van der Waals surface area contributed by atoms with Gasteiger partial charge < -0.3 is 14.8 Å². The van der Waals surface area contributed by atoms with Gasteiger partial charge >= 0.3 is 12.2 Å². The highest BCUT2D eigenvalue weighted by molar-refractivity contribution is 5.69. The molecule has 0 radical (unpaired) electrons. The van der Waals surface area contributed by atoms with E-state index in [4.69, 9.17) is 9.47 Å². The number of rotatable bonds is 4. The molecule has 1 N–H and O–H groups in total. The molecule has 0 unspecified atom stereocenters. The summed E-state index contributed by atoms with van der Waals surface area (Å²) in [5, 5.41) is 2.78. The summed E-state index contributed by atoms with van der Waals surface area (Å²) in [4.78, 5) is 26.0. The van der Waals surface area contributed by atoms with Crippen LogP contribution in [0.1, 0.15) is 43.0 Å². The topological polar surface area (TPSA) is 67.9 Å². The molecular weight excluding hydrogens is 356 g/mol. The molecule has 0 saturated heterocycles. The predicted octanol–water partition coefficient (Wildman–Crippen LogP) is 4.36. The molecule has 3 rings (SSSR count). The van der Waals surface area contributed by atoms with Gasteiger partial charge in [-0.3, -0.25) is 4.90 Å². The van der Waals surface area contributed by atoms with Crippen LogP contribution in [0.3, 0.4) is 0 Å². The predicted molar refractivity (Wildman–Crippen MR) is 105 cm³/mol. The van der Waals surface area contributed by atoms with E-state index in [0.29, 0.717) is 19.6 Å². The number of hydrogen-bond donors (Lipinski definition) is 1. The number of benzene rings is 2. The molecule has 0 spiro atoms. The number of carbonyl (C=O) groups excluding carboxylic acids is 2. The fourth-order valence-corrected chi connectivity index (χ4v) is 3.08. The van der Waals surface area contributed by atoms with E-state index < -0.39 is 11.7 Å². The zero-order chi connectivity index (χ0) is 20.1. The summed E-state index contributed by atoms with van der Waals surface area (Å²) in [5.41, 5.74) is 3.51. The molecular formula is C22H26N2O4. The maximum atomic E-state index is 12.4. The first kappa shape index (κ1) is 19.7. The third-order valence-corrected chi connectivity index (χ3v) is 4.37. The van der Waals surface area contributed by atoms with E-state index in [1.807, 2.05) is 69.3 Å². The van der Waals surface area contributed by atoms with Crippen LogP contribution < -0.4 is 5.32 Å². The van der Waals surface area contributed by atoms with E-state index in [1.165, 1.54) is 0 Å². The van der Waals surface area contributed by atoms with E-state index in [2.05, 4.69) is 5.32 Å². The standard InChI is InChI=1S/C22H26N2O4/c1-22(2,3)28-20(25)23-12-17-10-7-11-18-13-24(14-19(17)18)21(26)27-15-16-8-5-4-6-9-16/h4-11H,12-15H2,1-3H3,(H,23,25). The number of nitrogens with zero attached hydrogens (tertiary/aromatic N) is 1.